The number of hydrogen-bond donors (Lipinski definition) is 4. The van der Waals surface area contributed by atoms with E-state index in [1.165, 1.54) is 12.1 Å². The minimum absolute atomic E-state index is 0.284. The molecule has 0 atom stereocenters. The topological polar surface area (TPSA) is 282 Å². The van der Waals surface area contributed by atoms with Gasteiger partial charge in [0.05, 0.1) is 22.7 Å². The molecule has 0 amide bonds. The molecule has 2 aromatic carbocycles. The first kappa shape index (κ1) is 36.4. The summed E-state index contributed by atoms with van der Waals surface area (Å²) in [4.78, 5) is 80.9. The van der Waals surface area contributed by atoms with E-state index in [1.54, 1.807) is 0 Å². The van der Waals surface area contributed by atoms with Crippen LogP contribution in [0.2, 0.25) is 0 Å². The second-order valence-corrected chi connectivity index (χ2v) is 11.7. The number of aromatic nitrogens is 2. The number of rotatable bonds is 15. The maximum Gasteiger partial charge on any atom is 0.345 e. The summed E-state index contributed by atoms with van der Waals surface area (Å²) < 4.78 is 10.8. The molecule has 4 aromatic rings. The van der Waals surface area contributed by atoms with Gasteiger partial charge in [-0.2, -0.15) is 0 Å². The molecule has 0 saturated carbocycles. The van der Waals surface area contributed by atoms with Crippen molar-refractivity contribution in [3.05, 3.63) is 92.0 Å². The quantitative estimate of drug-likeness (QED) is 0.0590. The van der Waals surface area contributed by atoms with Crippen LogP contribution in [0.3, 0.4) is 0 Å². The van der Waals surface area contributed by atoms with Gasteiger partial charge in [0.1, 0.15) is 24.3 Å². The zero-order valence-electron chi connectivity index (χ0n) is 24.9. The SMILES string of the molecule is O=C(CCOC(=O)c1cc(SSc2ccc([N+](=O)[O-])c(C(=O)OCCC(=O)On3c(O)ccc3O)c2)ccc1[N+](=O)[O-])On1c(O)ccc1O. The monoisotopic (exact) mass is 734 g/mol. The van der Waals surface area contributed by atoms with Crippen LogP contribution >= 0.6 is 21.6 Å². The third-order valence-corrected chi connectivity index (χ3v) is 8.44. The standard InChI is InChI=1S/C28H22N4O16S2/c33-21-5-6-22(34)29(21)47-25(37)9-11-45-27(39)17-13-15(1-3-19(17)31(41)42)49-50-16-2-4-20(32(43)44)18(14-16)28(40)46-12-10-26(38)48-30-23(35)7-8-24(30)36/h1-8,13-14,33-36H,9-12H2. The number of aromatic hydroxyl groups is 4. The summed E-state index contributed by atoms with van der Waals surface area (Å²) in [6.07, 6.45) is -1.09. The van der Waals surface area contributed by atoms with Crippen molar-refractivity contribution in [2.45, 2.75) is 22.6 Å². The van der Waals surface area contributed by atoms with Crippen molar-refractivity contribution >= 4 is 56.8 Å². The highest BCUT2D eigenvalue weighted by Crippen LogP contribution is 2.40. The molecule has 2 aromatic heterocycles. The van der Waals surface area contributed by atoms with Crippen molar-refractivity contribution in [2.75, 3.05) is 13.2 Å². The molecule has 0 aliphatic heterocycles. The second kappa shape index (κ2) is 16.1. The number of ether oxygens (including phenoxy) is 2. The number of esters is 2. The Labute approximate surface area is 285 Å². The van der Waals surface area contributed by atoms with Crippen LogP contribution in [0, 0.1) is 20.2 Å². The fraction of sp³-hybridized carbons (Fsp3) is 0.143. The van der Waals surface area contributed by atoms with Gasteiger partial charge in [0.15, 0.2) is 0 Å². The smallest absolute Gasteiger partial charge is 0.345 e. The number of nitro groups is 2. The van der Waals surface area contributed by atoms with E-state index >= 15 is 0 Å². The molecular formula is C28H22N4O16S2. The van der Waals surface area contributed by atoms with E-state index in [9.17, 15) is 59.8 Å². The molecule has 0 saturated heterocycles. The van der Waals surface area contributed by atoms with Gasteiger partial charge in [-0.15, -0.1) is 9.46 Å². The van der Waals surface area contributed by atoms with Gasteiger partial charge in [0.2, 0.25) is 23.5 Å². The number of benzene rings is 2. The highest BCUT2D eigenvalue weighted by atomic mass is 33.1. The first-order valence-electron chi connectivity index (χ1n) is 13.6. The summed E-state index contributed by atoms with van der Waals surface area (Å²) in [5, 5.41) is 61.2. The normalized spacial score (nSPS) is 10.6. The van der Waals surface area contributed by atoms with Crippen LogP contribution < -0.4 is 9.68 Å². The van der Waals surface area contributed by atoms with E-state index in [0.717, 1.165) is 70.1 Å². The minimum Gasteiger partial charge on any atom is -0.492 e. The molecular weight excluding hydrogens is 712 g/mol. The Morgan fingerprint density at radius 3 is 1.26 bits per heavy atom. The molecule has 0 fully saturated rings. The summed E-state index contributed by atoms with van der Waals surface area (Å²) in [7, 11) is 1.91. The lowest BCUT2D eigenvalue weighted by Gasteiger charge is -2.09. The molecule has 0 spiro atoms. The number of nitrogens with zero attached hydrogens (tertiary/aromatic N) is 4. The van der Waals surface area contributed by atoms with E-state index in [2.05, 4.69) is 0 Å². The van der Waals surface area contributed by atoms with Crippen molar-refractivity contribution in [3.8, 4) is 23.5 Å². The second-order valence-electron chi connectivity index (χ2n) is 9.43. The van der Waals surface area contributed by atoms with Gasteiger partial charge in [-0.25, -0.2) is 19.2 Å². The molecule has 2 heterocycles. The third-order valence-electron chi connectivity index (χ3n) is 6.06. The molecule has 4 N–H and O–H groups in total. The highest BCUT2D eigenvalue weighted by molar-refractivity contribution is 8.76. The van der Waals surface area contributed by atoms with Crippen LogP contribution in [0.1, 0.15) is 33.6 Å². The molecule has 262 valence electrons. The van der Waals surface area contributed by atoms with Gasteiger partial charge < -0.3 is 39.6 Å². The van der Waals surface area contributed by atoms with Crippen molar-refractivity contribution < 1.29 is 68.6 Å². The summed E-state index contributed by atoms with van der Waals surface area (Å²) in [6, 6.07) is 11.2. The van der Waals surface area contributed by atoms with Crippen molar-refractivity contribution in [1.29, 1.82) is 0 Å². The van der Waals surface area contributed by atoms with E-state index in [-0.39, 0.29) is 9.79 Å². The Hall–Kier alpha value is -6.42. The van der Waals surface area contributed by atoms with E-state index in [1.807, 2.05) is 0 Å². The summed E-state index contributed by atoms with van der Waals surface area (Å²) >= 11 is 0. The first-order chi connectivity index (χ1) is 23.7. The average Bonchev–Trinajstić information content (AvgIpc) is 3.57. The Morgan fingerprint density at radius 2 is 0.940 bits per heavy atom. The third kappa shape index (κ3) is 9.13. The Balaban J connectivity index is 1.37. The Morgan fingerprint density at radius 1 is 0.600 bits per heavy atom. The average molecular weight is 735 g/mol. The molecule has 0 bridgehead atoms. The Kier molecular flexibility index (Phi) is 11.7. The fourth-order valence-electron chi connectivity index (χ4n) is 3.77. The number of nitro benzene ring substituents is 2. The lowest BCUT2D eigenvalue weighted by atomic mass is 10.2. The lowest BCUT2D eigenvalue weighted by Crippen LogP contribution is -2.21. The van der Waals surface area contributed by atoms with E-state index in [0.29, 0.717) is 9.46 Å². The Bertz CT molecular complexity index is 1800. The van der Waals surface area contributed by atoms with Crippen LogP contribution in [-0.2, 0) is 19.1 Å². The van der Waals surface area contributed by atoms with Crippen molar-refractivity contribution in [3.63, 3.8) is 0 Å². The number of carbonyl (C=O) groups is 4. The van der Waals surface area contributed by atoms with Crippen LogP contribution in [0.5, 0.6) is 23.5 Å². The van der Waals surface area contributed by atoms with Gasteiger partial charge in [0, 0.05) is 46.2 Å². The molecule has 0 aliphatic rings. The van der Waals surface area contributed by atoms with Crippen LogP contribution in [-0.4, -0.2) is 76.8 Å². The largest absolute Gasteiger partial charge is 0.492 e. The summed E-state index contributed by atoms with van der Waals surface area (Å²) in [5.74, 6) is -6.64. The maximum absolute atomic E-state index is 12.7. The van der Waals surface area contributed by atoms with E-state index < -0.39 is 106 Å². The molecule has 4 rings (SSSR count). The summed E-state index contributed by atoms with van der Waals surface area (Å²) in [6.45, 7) is -1.15. The predicted octanol–water partition coefficient (Wildman–Crippen LogP) is 3.13. The first-order valence-corrected chi connectivity index (χ1v) is 15.8. The van der Waals surface area contributed by atoms with E-state index in [4.69, 9.17) is 19.1 Å². The number of hydrogen-bond acceptors (Lipinski definition) is 18. The van der Waals surface area contributed by atoms with Gasteiger partial charge in [-0.3, -0.25) is 20.2 Å². The molecule has 22 heteroatoms. The van der Waals surface area contributed by atoms with Crippen LogP contribution in [0.15, 0.2) is 70.5 Å². The summed E-state index contributed by atoms with van der Waals surface area (Å²) in [5.41, 5.74) is -2.16. The van der Waals surface area contributed by atoms with Gasteiger partial charge in [-0.1, -0.05) is 21.6 Å². The fourth-order valence-corrected chi connectivity index (χ4v) is 5.74. The maximum atomic E-state index is 12.7. The zero-order valence-corrected chi connectivity index (χ0v) is 26.5. The van der Waals surface area contributed by atoms with Gasteiger partial charge >= 0.3 is 23.9 Å². The lowest BCUT2D eigenvalue weighted by molar-refractivity contribution is -0.385. The van der Waals surface area contributed by atoms with Gasteiger partial charge in [0.25, 0.3) is 11.4 Å². The molecule has 0 unspecified atom stereocenters. The van der Waals surface area contributed by atoms with Crippen LogP contribution in [0.4, 0.5) is 11.4 Å². The molecule has 50 heavy (non-hydrogen) atoms. The highest BCUT2D eigenvalue weighted by Gasteiger charge is 2.25. The van der Waals surface area contributed by atoms with Crippen LogP contribution in [0.25, 0.3) is 0 Å². The zero-order chi connectivity index (χ0) is 36.5. The predicted molar refractivity (Wildman–Crippen MR) is 166 cm³/mol. The molecule has 0 radical (unpaired) electrons. The minimum atomic E-state index is -1.16. The van der Waals surface area contributed by atoms with Gasteiger partial charge in [-0.05, 0) is 24.3 Å². The van der Waals surface area contributed by atoms with Crippen molar-refractivity contribution in [1.82, 2.24) is 9.46 Å². The molecule has 20 nitrogen and oxygen atoms in total. The molecule has 0 aliphatic carbocycles. The number of carbonyl (C=O) groups excluding carboxylic acids is 4. The van der Waals surface area contributed by atoms with Crippen molar-refractivity contribution in [2.24, 2.45) is 0 Å².